The van der Waals surface area contributed by atoms with Crippen LogP contribution in [0.2, 0.25) is 5.28 Å². The highest BCUT2D eigenvalue weighted by Gasteiger charge is 2.32. The average molecular weight is 369 g/mol. The maximum absolute atomic E-state index is 12.3. The number of rotatable bonds is 3. The number of aromatic nitrogens is 2. The third kappa shape index (κ3) is 3.97. The number of nitrogens with zero attached hydrogens (tertiary/aromatic N) is 2. The highest BCUT2D eigenvalue weighted by Crippen LogP contribution is 2.33. The zero-order chi connectivity index (χ0) is 14.8. The number of nitrogens with one attached hydrogen (secondary N) is 1. The summed E-state index contributed by atoms with van der Waals surface area (Å²) in [7, 11) is 0. The quantitative estimate of drug-likeness (QED) is 0.808. The molecule has 0 aliphatic heterocycles. The van der Waals surface area contributed by atoms with E-state index < -0.39 is 6.36 Å². The maximum atomic E-state index is 12.3. The van der Waals surface area contributed by atoms with Crippen LogP contribution in [0.1, 0.15) is 0 Å². The first kappa shape index (κ1) is 14.9. The van der Waals surface area contributed by atoms with Gasteiger partial charge in [0.1, 0.15) is 5.82 Å². The van der Waals surface area contributed by atoms with Gasteiger partial charge in [0.05, 0.1) is 10.2 Å². The molecule has 0 saturated carbocycles. The number of hydrogen-bond acceptors (Lipinski definition) is 4. The van der Waals surface area contributed by atoms with E-state index in [1.165, 1.54) is 24.4 Å². The number of para-hydroxylation sites is 2. The molecular formula is C11H6BrClF3N3O. The Kier molecular flexibility index (Phi) is 4.34. The second-order valence-electron chi connectivity index (χ2n) is 3.50. The molecule has 0 fully saturated rings. The normalized spacial score (nSPS) is 11.2. The van der Waals surface area contributed by atoms with Gasteiger partial charge in [-0.25, -0.2) is 4.98 Å². The Morgan fingerprint density at radius 2 is 1.95 bits per heavy atom. The van der Waals surface area contributed by atoms with Crippen molar-refractivity contribution in [2.75, 3.05) is 5.32 Å². The van der Waals surface area contributed by atoms with Crippen LogP contribution in [0.5, 0.6) is 5.75 Å². The molecule has 0 aliphatic carbocycles. The molecule has 2 aromatic rings. The SMILES string of the molecule is FC(F)(F)Oc1ccccc1Nc1nc(Cl)ncc1Br. The largest absolute Gasteiger partial charge is 0.573 e. The van der Waals surface area contributed by atoms with Crippen LogP contribution in [-0.4, -0.2) is 16.3 Å². The van der Waals surface area contributed by atoms with Crippen molar-refractivity contribution in [2.45, 2.75) is 6.36 Å². The molecule has 20 heavy (non-hydrogen) atoms. The van der Waals surface area contributed by atoms with Crippen LogP contribution < -0.4 is 10.1 Å². The lowest BCUT2D eigenvalue weighted by atomic mass is 10.3. The molecule has 1 N–H and O–H groups in total. The zero-order valence-electron chi connectivity index (χ0n) is 9.58. The molecule has 0 amide bonds. The van der Waals surface area contributed by atoms with E-state index in [9.17, 15) is 13.2 Å². The molecule has 0 spiro atoms. The van der Waals surface area contributed by atoms with Gasteiger partial charge in [-0.15, -0.1) is 13.2 Å². The molecule has 0 aliphatic rings. The minimum atomic E-state index is -4.78. The standard InChI is InChI=1S/C11H6BrClF3N3O/c12-6-5-17-10(13)19-9(6)18-7-3-1-2-4-8(7)20-11(14,15)16/h1-5H,(H,17,18,19). The first-order valence-electron chi connectivity index (χ1n) is 5.15. The van der Waals surface area contributed by atoms with Gasteiger partial charge in [-0.1, -0.05) is 12.1 Å². The first-order valence-corrected chi connectivity index (χ1v) is 6.32. The van der Waals surface area contributed by atoms with Gasteiger partial charge in [0, 0.05) is 6.20 Å². The van der Waals surface area contributed by atoms with Crippen molar-refractivity contribution in [2.24, 2.45) is 0 Å². The van der Waals surface area contributed by atoms with Crippen molar-refractivity contribution >= 4 is 39.0 Å². The van der Waals surface area contributed by atoms with Crippen molar-refractivity contribution in [1.82, 2.24) is 9.97 Å². The molecule has 1 heterocycles. The number of alkyl halides is 3. The van der Waals surface area contributed by atoms with Crippen LogP contribution in [-0.2, 0) is 0 Å². The Morgan fingerprint density at radius 3 is 2.65 bits per heavy atom. The van der Waals surface area contributed by atoms with Gasteiger partial charge in [-0.05, 0) is 39.7 Å². The monoisotopic (exact) mass is 367 g/mol. The van der Waals surface area contributed by atoms with Gasteiger partial charge in [0.2, 0.25) is 5.28 Å². The van der Waals surface area contributed by atoms with E-state index in [0.29, 0.717) is 4.47 Å². The van der Waals surface area contributed by atoms with E-state index in [2.05, 4.69) is 36.0 Å². The first-order chi connectivity index (χ1) is 9.35. The molecule has 2 rings (SSSR count). The Labute approximate surface area is 125 Å². The second kappa shape index (κ2) is 5.84. The Morgan fingerprint density at radius 1 is 1.25 bits per heavy atom. The predicted molar refractivity (Wildman–Crippen MR) is 71.1 cm³/mol. The summed E-state index contributed by atoms with van der Waals surface area (Å²) in [6, 6.07) is 5.59. The average Bonchev–Trinajstić information content (AvgIpc) is 2.34. The fraction of sp³-hybridized carbons (Fsp3) is 0.0909. The summed E-state index contributed by atoms with van der Waals surface area (Å²) in [5.74, 6) is -0.148. The zero-order valence-corrected chi connectivity index (χ0v) is 11.9. The molecule has 106 valence electrons. The summed E-state index contributed by atoms with van der Waals surface area (Å²) in [4.78, 5) is 7.58. The smallest absolute Gasteiger partial charge is 0.404 e. The summed E-state index contributed by atoms with van der Waals surface area (Å²) >= 11 is 8.80. The molecular weight excluding hydrogens is 362 g/mol. The molecule has 4 nitrogen and oxygen atoms in total. The highest BCUT2D eigenvalue weighted by molar-refractivity contribution is 9.10. The lowest BCUT2D eigenvalue weighted by Crippen LogP contribution is -2.18. The van der Waals surface area contributed by atoms with Crippen LogP contribution in [0.25, 0.3) is 0 Å². The van der Waals surface area contributed by atoms with Crippen molar-refractivity contribution in [3.63, 3.8) is 0 Å². The third-order valence-corrected chi connectivity index (χ3v) is 2.84. The van der Waals surface area contributed by atoms with Gasteiger partial charge in [0.15, 0.2) is 5.75 Å². The lowest BCUT2D eigenvalue weighted by Gasteiger charge is -2.14. The summed E-state index contributed by atoms with van der Waals surface area (Å²) < 4.78 is 41.3. The summed E-state index contributed by atoms with van der Waals surface area (Å²) in [5.41, 5.74) is 0.0975. The Bertz CT molecular complexity index is 624. The van der Waals surface area contributed by atoms with Gasteiger partial charge < -0.3 is 10.1 Å². The summed E-state index contributed by atoms with van der Waals surface area (Å²) in [6.45, 7) is 0. The summed E-state index contributed by atoms with van der Waals surface area (Å²) in [6.07, 6.45) is -3.40. The van der Waals surface area contributed by atoms with Crippen molar-refractivity contribution in [3.8, 4) is 5.75 Å². The third-order valence-electron chi connectivity index (χ3n) is 2.08. The van der Waals surface area contributed by atoms with Gasteiger partial charge in [0.25, 0.3) is 0 Å². The molecule has 9 heteroatoms. The van der Waals surface area contributed by atoms with Gasteiger partial charge in [-0.3, -0.25) is 0 Å². The Balaban J connectivity index is 2.32. The number of halogens is 5. The number of ether oxygens (including phenoxy) is 1. The fourth-order valence-corrected chi connectivity index (χ4v) is 1.77. The lowest BCUT2D eigenvalue weighted by molar-refractivity contribution is -0.274. The van der Waals surface area contributed by atoms with E-state index >= 15 is 0 Å². The van der Waals surface area contributed by atoms with Crippen LogP contribution in [0.3, 0.4) is 0 Å². The van der Waals surface area contributed by atoms with Crippen molar-refractivity contribution < 1.29 is 17.9 Å². The van der Waals surface area contributed by atoms with E-state index in [-0.39, 0.29) is 22.5 Å². The van der Waals surface area contributed by atoms with Crippen molar-refractivity contribution in [1.29, 1.82) is 0 Å². The molecule has 0 bridgehead atoms. The topological polar surface area (TPSA) is 47.0 Å². The number of anilines is 2. The number of hydrogen-bond donors (Lipinski definition) is 1. The van der Waals surface area contributed by atoms with E-state index in [1.807, 2.05) is 0 Å². The van der Waals surface area contributed by atoms with Crippen LogP contribution in [0, 0.1) is 0 Å². The molecule has 0 atom stereocenters. The minimum absolute atomic E-state index is 0.0371. The van der Waals surface area contributed by atoms with Gasteiger partial charge in [-0.2, -0.15) is 4.98 Å². The van der Waals surface area contributed by atoms with Gasteiger partial charge >= 0.3 is 6.36 Å². The molecule has 0 unspecified atom stereocenters. The van der Waals surface area contributed by atoms with Crippen LogP contribution in [0.4, 0.5) is 24.7 Å². The molecule has 0 saturated heterocycles. The number of benzene rings is 1. The summed E-state index contributed by atoms with van der Waals surface area (Å²) in [5, 5.41) is 2.66. The van der Waals surface area contributed by atoms with E-state index in [4.69, 9.17) is 11.6 Å². The highest BCUT2D eigenvalue weighted by atomic mass is 79.9. The molecule has 1 aromatic carbocycles. The van der Waals surface area contributed by atoms with Crippen molar-refractivity contribution in [3.05, 3.63) is 40.2 Å². The second-order valence-corrected chi connectivity index (χ2v) is 4.70. The Hall–Kier alpha value is -1.54. The van der Waals surface area contributed by atoms with Crippen LogP contribution in [0.15, 0.2) is 34.9 Å². The van der Waals surface area contributed by atoms with E-state index in [1.54, 1.807) is 6.07 Å². The molecule has 1 aromatic heterocycles. The minimum Gasteiger partial charge on any atom is -0.404 e. The fourth-order valence-electron chi connectivity index (χ4n) is 1.34. The maximum Gasteiger partial charge on any atom is 0.573 e. The predicted octanol–water partition coefficient (Wildman–Crippen LogP) is 4.53. The van der Waals surface area contributed by atoms with Crippen LogP contribution >= 0.6 is 27.5 Å². The molecule has 0 radical (unpaired) electrons. The van der Waals surface area contributed by atoms with E-state index in [0.717, 1.165) is 0 Å².